The fraction of sp³-hybridized carbons (Fsp3) is 0.571. The van der Waals surface area contributed by atoms with Gasteiger partial charge in [0.05, 0.1) is 12.3 Å². The molecule has 0 aromatic heterocycles. The molecule has 0 radical (unpaired) electrons. The summed E-state index contributed by atoms with van der Waals surface area (Å²) < 4.78 is 6.00. The third-order valence-corrected chi connectivity index (χ3v) is 4.07. The zero-order valence-corrected chi connectivity index (χ0v) is 9.88. The molecule has 0 atom stereocenters. The van der Waals surface area contributed by atoms with Crippen LogP contribution in [0.5, 0.6) is 5.75 Å². The molecule has 0 amide bonds. The van der Waals surface area contributed by atoms with E-state index in [0.29, 0.717) is 5.41 Å². The quantitative estimate of drug-likeness (QED) is 0.719. The summed E-state index contributed by atoms with van der Waals surface area (Å²) in [5.74, 6) is 1.03. The normalized spacial score (nSPS) is 22.1. The molecule has 0 bridgehead atoms. The van der Waals surface area contributed by atoms with Gasteiger partial charge in [0.25, 0.3) is 0 Å². The van der Waals surface area contributed by atoms with Gasteiger partial charge in [0.2, 0.25) is 0 Å². The molecule has 86 valence electrons. The first-order valence-electron chi connectivity index (χ1n) is 6.25. The minimum atomic E-state index is 0.394. The molecule has 1 N–H and O–H groups in total. The van der Waals surface area contributed by atoms with E-state index in [1.165, 1.54) is 36.9 Å². The maximum Gasteiger partial charge on any atom is 0.142 e. The number of ether oxygens (including phenoxy) is 1. The number of hydrogen-bond donors (Lipinski definition) is 1. The van der Waals surface area contributed by atoms with Gasteiger partial charge >= 0.3 is 0 Å². The van der Waals surface area contributed by atoms with Crippen molar-refractivity contribution in [3.8, 4) is 5.75 Å². The average Bonchev–Trinajstić information content (AvgIpc) is 2.65. The molecule has 2 nitrogen and oxygen atoms in total. The summed E-state index contributed by atoms with van der Waals surface area (Å²) in [5, 5.41) is 3.60. The molecule has 1 fully saturated rings. The Morgan fingerprint density at radius 3 is 2.88 bits per heavy atom. The number of nitrogens with one attached hydrogen (secondary N) is 1. The predicted molar refractivity (Wildman–Crippen MR) is 66.1 cm³/mol. The van der Waals surface area contributed by atoms with E-state index in [1.54, 1.807) is 0 Å². The van der Waals surface area contributed by atoms with E-state index in [1.807, 2.05) is 0 Å². The third kappa shape index (κ3) is 1.57. The highest BCUT2D eigenvalue weighted by molar-refractivity contribution is 5.62. The van der Waals surface area contributed by atoms with E-state index in [0.717, 1.165) is 18.9 Å². The molecule has 0 unspecified atom stereocenters. The molecule has 2 heteroatoms. The Morgan fingerprint density at radius 1 is 1.25 bits per heavy atom. The lowest BCUT2D eigenvalue weighted by Gasteiger charge is -2.25. The Labute approximate surface area is 97.0 Å². The second-order valence-corrected chi connectivity index (χ2v) is 5.30. The largest absolute Gasteiger partial charge is 0.491 e. The highest BCUT2D eigenvalue weighted by Gasteiger charge is 2.36. The van der Waals surface area contributed by atoms with Crippen molar-refractivity contribution in [1.82, 2.24) is 0 Å². The zero-order chi connectivity index (χ0) is 11.0. The Balaban J connectivity index is 1.89. The van der Waals surface area contributed by atoms with Gasteiger partial charge in [-0.15, -0.1) is 0 Å². The first-order valence-corrected chi connectivity index (χ1v) is 6.25. The first-order chi connectivity index (χ1) is 7.79. The molecule has 0 saturated heterocycles. The Bertz CT molecular complexity index is 394. The van der Waals surface area contributed by atoms with Crippen LogP contribution < -0.4 is 10.1 Å². The molecule has 1 aliphatic heterocycles. The van der Waals surface area contributed by atoms with Crippen molar-refractivity contribution >= 4 is 5.69 Å². The summed E-state index contributed by atoms with van der Waals surface area (Å²) in [6.07, 6.45) is 5.35. The number of benzene rings is 1. The number of aryl methyl sites for hydroxylation is 1. The standard InChI is InChI=1S/C14H19NO/c1-11-5-4-6-12-13(11)15-9-14(10-16-12)7-2-3-8-14/h4-6,15H,2-3,7-10H2,1H3. The van der Waals surface area contributed by atoms with E-state index in [9.17, 15) is 0 Å². The summed E-state index contributed by atoms with van der Waals surface area (Å²) in [5.41, 5.74) is 2.88. The Kier molecular flexibility index (Phi) is 2.31. The van der Waals surface area contributed by atoms with E-state index in [2.05, 4.69) is 30.4 Å². The molecule has 3 rings (SSSR count). The van der Waals surface area contributed by atoms with Gasteiger partial charge < -0.3 is 10.1 Å². The molecule has 2 aliphatic rings. The van der Waals surface area contributed by atoms with Crippen LogP contribution in [-0.2, 0) is 0 Å². The van der Waals surface area contributed by atoms with E-state index >= 15 is 0 Å². The van der Waals surface area contributed by atoms with Crippen molar-refractivity contribution in [3.05, 3.63) is 23.8 Å². The predicted octanol–water partition coefficient (Wildman–Crippen LogP) is 3.36. The van der Waals surface area contributed by atoms with Crippen LogP contribution in [0.1, 0.15) is 31.2 Å². The maximum atomic E-state index is 6.00. The van der Waals surface area contributed by atoms with Crippen LogP contribution in [0.2, 0.25) is 0 Å². The van der Waals surface area contributed by atoms with Crippen molar-refractivity contribution in [1.29, 1.82) is 0 Å². The summed E-state index contributed by atoms with van der Waals surface area (Å²) in [6, 6.07) is 6.29. The summed E-state index contributed by atoms with van der Waals surface area (Å²) in [4.78, 5) is 0. The number of hydrogen-bond acceptors (Lipinski definition) is 2. The van der Waals surface area contributed by atoms with Crippen LogP contribution in [-0.4, -0.2) is 13.2 Å². The average molecular weight is 217 g/mol. The first kappa shape index (κ1) is 10.0. The van der Waals surface area contributed by atoms with Crippen LogP contribution in [0.4, 0.5) is 5.69 Å². The topological polar surface area (TPSA) is 21.3 Å². The SMILES string of the molecule is Cc1cccc2c1NCC1(CCCC1)CO2. The Hall–Kier alpha value is -1.18. The molecular formula is C14H19NO. The molecular weight excluding hydrogens is 198 g/mol. The molecule has 1 aromatic rings. The summed E-state index contributed by atoms with van der Waals surface area (Å²) in [7, 11) is 0. The highest BCUT2D eigenvalue weighted by atomic mass is 16.5. The Morgan fingerprint density at radius 2 is 2.06 bits per heavy atom. The van der Waals surface area contributed by atoms with Crippen molar-refractivity contribution in [2.75, 3.05) is 18.5 Å². The molecule has 1 saturated carbocycles. The molecule has 1 aliphatic carbocycles. The number of rotatable bonds is 0. The van der Waals surface area contributed by atoms with Crippen molar-refractivity contribution in [3.63, 3.8) is 0 Å². The number of fused-ring (bicyclic) bond motifs is 1. The molecule has 1 aromatic carbocycles. The van der Waals surface area contributed by atoms with Crippen molar-refractivity contribution < 1.29 is 4.74 Å². The van der Waals surface area contributed by atoms with Crippen LogP contribution in [0.3, 0.4) is 0 Å². The fourth-order valence-electron chi connectivity index (χ4n) is 2.99. The molecule has 1 heterocycles. The van der Waals surface area contributed by atoms with Crippen molar-refractivity contribution in [2.24, 2.45) is 5.41 Å². The zero-order valence-electron chi connectivity index (χ0n) is 9.88. The minimum Gasteiger partial charge on any atom is -0.491 e. The molecule has 1 spiro atoms. The van der Waals surface area contributed by atoms with E-state index < -0.39 is 0 Å². The lowest BCUT2D eigenvalue weighted by atomic mass is 9.87. The third-order valence-electron chi connectivity index (χ3n) is 4.07. The van der Waals surface area contributed by atoms with Gasteiger partial charge in [0, 0.05) is 12.0 Å². The van der Waals surface area contributed by atoms with Gasteiger partial charge in [-0.2, -0.15) is 0 Å². The van der Waals surface area contributed by atoms with Crippen molar-refractivity contribution in [2.45, 2.75) is 32.6 Å². The van der Waals surface area contributed by atoms with Gasteiger partial charge in [0.15, 0.2) is 0 Å². The maximum absolute atomic E-state index is 6.00. The number of para-hydroxylation sites is 1. The van der Waals surface area contributed by atoms with Crippen LogP contribution >= 0.6 is 0 Å². The smallest absolute Gasteiger partial charge is 0.142 e. The van der Waals surface area contributed by atoms with Gasteiger partial charge in [-0.1, -0.05) is 25.0 Å². The van der Waals surface area contributed by atoms with Crippen LogP contribution in [0.25, 0.3) is 0 Å². The van der Waals surface area contributed by atoms with Gasteiger partial charge in [-0.05, 0) is 31.4 Å². The molecule has 16 heavy (non-hydrogen) atoms. The minimum absolute atomic E-state index is 0.394. The highest BCUT2D eigenvalue weighted by Crippen LogP contribution is 2.42. The lowest BCUT2D eigenvalue weighted by Crippen LogP contribution is -2.31. The van der Waals surface area contributed by atoms with E-state index in [4.69, 9.17) is 4.74 Å². The van der Waals surface area contributed by atoms with Gasteiger partial charge in [-0.25, -0.2) is 0 Å². The van der Waals surface area contributed by atoms with Crippen LogP contribution in [0, 0.1) is 12.3 Å². The second-order valence-electron chi connectivity index (χ2n) is 5.30. The monoisotopic (exact) mass is 217 g/mol. The fourth-order valence-corrected chi connectivity index (χ4v) is 2.99. The lowest BCUT2D eigenvalue weighted by molar-refractivity contribution is 0.169. The number of anilines is 1. The summed E-state index contributed by atoms with van der Waals surface area (Å²) >= 11 is 0. The van der Waals surface area contributed by atoms with E-state index in [-0.39, 0.29) is 0 Å². The van der Waals surface area contributed by atoms with Crippen LogP contribution in [0.15, 0.2) is 18.2 Å². The van der Waals surface area contributed by atoms with Gasteiger partial charge in [0.1, 0.15) is 5.75 Å². The second kappa shape index (κ2) is 3.69. The summed E-state index contributed by atoms with van der Waals surface area (Å²) in [6.45, 7) is 4.10. The van der Waals surface area contributed by atoms with Gasteiger partial charge in [-0.3, -0.25) is 0 Å².